The first-order valence-corrected chi connectivity index (χ1v) is 7.01. The first-order chi connectivity index (χ1) is 9.99. The molecule has 6 heteroatoms. The summed E-state index contributed by atoms with van der Waals surface area (Å²) in [5, 5.41) is 16.5. The molecule has 0 aromatic heterocycles. The molecule has 0 unspecified atom stereocenters. The van der Waals surface area contributed by atoms with E-state index >= 15 is 0 Å². The van der Waals surface area contributed by atoms with Gasteiger partial charge in [-0.1, -0.05) is 17.7 Å². The zero-order chi connectivity index (χ0) is 15.7. The first kappa shape index (κ1) is 17.0. The Labute approximate surface area is 128 Å². The molecule has 1 aromatic rings. The van der Waals surface area contributed by atoms with E-state index in [0.29, 0.717) is 12.2 Å². The molecule has 1 heterocycles. The van der Waals surface area contributed by atoms with Crippen LogP contribution in [0.25, 0.3) is 0 Å². The number of aliphatic carboxylic acids is 2. The van der Waals surface area contributed by atoms with E-state index in [9.17, 15) is 9.59 Å². The Morgan fingerprint density at radius 3 is 2.10 bits per heavy atom. The number of nitrogens with zero attached hydrogens (tertiary/aromatic N) is 1. The maximum absolute atomic E-state index is 9.55. The SMILES string of the molecule is Clc1cccc(N2CCCCC2)c1.O=C(O)/C=C/C(=O)O. The molecule has 0 amide bonds. The van der Waals surface area contributed by atoms with Crippen LogP contribution in [0, 0.1) is 0 Å². The quantitative estimate of drug-likeness (QED) is 0.839. The summed E-state index contributed by atoms with van der Waals surface area (Å²) < 4.78 is 0. The molecule has 0 saturated carbocycles. The van der Waals surface area contributed by atoms with Crippen molar-refractivity contribution in [3.63, 3.8) is 0 Å². The molecule has 0 bridgehead atoms. The number of rotatable bonds is 3. The van der Waals surface area contributed by atoms with Crippen molar-refractivity contribution in [2.75, 3.05) is 18.0 Å². The van der Waals surface area contributed by atoms with E-state index in [2.05, 4.69) is 11.0 Å². The van der Waals surface area contributed by atoms with Crippen LogP contribution in [0.3, 0.4) is 0 Å². The number of carbonyl (C=O) groups is 2. The number of hydrogen-bond donors (Lipinski definition) is 2. The Morgan fingerprint density at radius 2 is 1.62 bits per heavy atom. The third kappa shape index (κ3) is 7.37. The summed E-state index contributed by atoms with van der Waals surface area (Å²) in [4.78, 5) is 21.5. The summed E-state index contributed by atoms with van der Waals surface area (Å²) in [5.74, 6) is -2.51. The lowest BCUT2D eigenvalue weighted by molar-refractivity contribution is -0.134. The highest BCUT2D eigenvalue weighted by atomic mass is 35.5. The number of carboxylic acid groups (broad SMARTS) is 2. The Morgan fingerprint density at radius 1 is 1.05 bits per heavy atom. The lowest BCUT2D eigenvalue weighted by Gasteiger charge is -2.28. The second-order valence-corrected chi connectivity index (χ2v) is 4.97. The minimum atomic E-state index is -1.26. The van der Waals surface area contributed by atoms with Gasteiger partial charge in [-0.2, -0.15) is 0 Å². The number of piperidine rings is 1. The van der Waals surface area contributed by atoms with Gasteiger partial charge in [0.1, 0.15) is 0 Å². The number of carboxylic acids is 2. The van der Waals surface area contributed by atoms with Gasteiger partial charge >= 0.3 is 11.9 Å². The summed E-state index contributed by atoms with van der Waals surface area (Å²) in [6.45, 7) is 2.36. The lowest BCUT2D eigenvalue weighted by Crippen LogP contribution is -2.29. The Hall–Kier alpha value is -2.01. The highest BCUT2D eigenvalue weighted by molar-refractivity contribution is 6.30. The number of anilines is 1. The molecule has 114 valence electrons. The van der Waals surface area contributed by atoms with E-state index in [4.69, 9.17) is 21.8 Å². The normalized spacial score (nSPS) is 14.4. The molecule has 1 saturated heterocycles. The predicted molar refractivity (Wildman–Crippen MR) is 81.9 cm³/mol. The van der Waals surface area contributed by atoms with Gasteiger partial charge in [-0.25, -0.2) is 9.59 Å². The van der Waals surface area contributed by atoms with E-state index < -0.39 is 11.9 Å². The van der Waals surface area contributed by atoms with Gasteiger partial charge in [0.2, 0.25) is 0 Å². The molecule has 0 spiro atoms. The molecule has 2 N–H and O–H groups in total. The molecule has 0 atom stereocenters. The Bertz CT molecular complexity index is 494. The zero-order valence-corrected chi connectivity index (χ0v) is 12.3. The zero-order valence-electron chi connectivity index (χ0n) is 11.5. The van der Waals surface area contributed by atoms with E-state index in [1.165, 1.54) is 38.0 Å². The van der Waals surface area contributed by atoms with Crippen molar-refractivity contribution >= 4 is 29.2 Å². The lowest BCUT2D eigenvalue weighted by atomic mass is 10.1. The third-order valence-electron chi connectivity index (χ3n) is 2.90. The van der Waals surface area contributed by atoms with Crippen LogP contribution in [-0.4, -0.2) is 35.2 Å². The Kier molecular flexibility index (Phi) is 7.32. The topological polar surface area (TPSA) is 77.8 Å². The summed E-state index contributed by atoms with van der Waals surface area (Å²) in [5.41, 5.74) is 1.27. The number of halogens is 1. The van der Waals surface area contributed by atoms with Crippen LogP contribution < -0.4 is 4.90 Å². The minimum Gasteiger partial charge on any atom is -0.478 e. The molecule has 21 heavy (non-hydrogen) atoms. The fraction of sp³-hybridized carbons (Fsp3) is 0.333. The van der Waals surface area contributed by atoms with Crippen molar-refractivity contribution in [1.82, 2.24) is 0 Å². The summed E-state index contributed by atoms with van der Waals surface area (Å²) >= 11 is 5.94. The molecule has 2 rings (SSSR count). The second kappa shape index (κ2) is 9.02. The molecule has 1 aliphatic rings. The van der Waals surface area contributed by atoms with Crippen molar-refractivity contribution in [2.45, 2.75) is 19.3 Å². The highest BCUT2D eigenvalue weighted by Gasteiger charge is 2.10. The largest absolute Gasteiger partial charge is 0.478 e. The van der Waals surface area contributed by atoms with Crippen LogP contribution in [0.15, 0.2) is 36.4 Å². The van der Waals surface area contributed by atoms with Gasteiger partial charge in [0.15, 0.2) is 0 Å². The molecular formula is C15H18ClNO4. The molecule has 0 radical (unpaired) electrons. The number of hydrogen-bond acceptors (Lipinski definition) is 3. The second-order valence-electron chi connectivity index (χ2n) is 4.54. The van der Waals surface area contributed by atoms with Gasteiger partial charge in [-0.3, -0.25) is 0 Å². The fourth-order valence-corrected chi connectivity index (χ4v) is 2.15. The van der Waals surface area contributed by atoms with Crippen LogP contribution in [0.1, 0.15) is 19.3 Å². The highest BCUT2D eigenvalue weighted by Crippen LogP contribution is 2.22. The average molecular weight is 312 g/mol. The fourth-order valence-electron chi connectivity index (χ4n) is 1.97. The maximum Gasteiger partial charge on any atom is 0.328 e. The van der Waals surface area contributed by atoms with Gasteiger partial charge in [-0.05, 0) is 37.5 Å². The van der Waals surface area contributed by atoms with Crippen molar-refractivity contribution in [1.29, 1.82) is 0 Å². The van der Waals surface area contributed by atoms with Crippen LogP contribution in [0.5, 0.6) is 0 Å². The van der Waals surface area contributed by atoms with Crippen molar-refractivity contribution in [2.24, 2.45) is 0 Å². The van der Waals surface area contributed by atoms with E-state index in [1.807, 2.05) is 18.2 Å². The Balaban J connectivity index is 0.000000240. The minimum absolute atomic E-state index is 0.558. The van der Waals surface area contributed by atoms with Crippen LogP contribution in [0.4, 0.5) is 5.69 Å². The molecule has 0 aliphatic carbocycles. The monoisotopic (exact) mass is 311 g/mol. The maximum atomic E-state index is 9.55. The van der Waals surface area contributed by atoms with Crippen molar-refractivity contribution in [3.8, 4) is 0 Å². The summed E-state index contributed by atoms with van der Waals surface area (Å²) in [6.07, 6.45) is 5.11. The van der Waals surface area contributed by atoms with Gasteiger partial charge in [0.05, 0.1) is 0 Å². The van der Waals surface area contributed by atoms with Gasteiger partial charge in [-0.15, -0.1) is 0 Å². The molecule has 1 aromatic carbocycles. The summed E-state index contributed by atoms with van der Waals surface area (Å²) in [6, 6.07) is 8.13. The smallest absolute Gasteiger partial charge is 0.328 e. The first-order valence-electron chi connectivity index (χ1n) is 6.63. The van der Waals surface area contributed by atoms with E-state index in [-0.39, 0.29) is 0 Å². The van der Waals surface area contributed by atoms with Gasteiger partial charge in [0, 0.05) is 36.0 Å². The third-order valence-corrected chi connectivity index (χ3v) is 3.13. The molecule has 1 fully saturated rings. The van der Waals surface area contributed by atoms with Crippen LogP contribution in [-0.2, 0) is 9.59 Å². The van der Waals surface area contributed by atoms with Crippen molar-refractivity contribution < 1.29 is 19.8 Å². The van der Waals surface area contributed by atoms with Crippen molar-refractivity contribution in [3.05, 3.63) is 41.4 Å². The molecular weight excluding hydrogens is 294 g/mol. The predicted octanol–water partition coefficient (Wildman–Crippen LogP) is 3.04. The van der Waals surface area contributed by atoms with E-state index in [0.717, 1.165) is 5.02 Å². The average Bonchev–Trinajstić information content (AvgIpc) is 2.47. The van der Waals surface area contributed by atoms with E-state index in [1.54, 1.807) is 0 Å². The van der Waals surface area contributed by atoms with Gasteiger partial charge in [0.25, 0.3) is 0 Å². The van der Waals surface area contributed by atoms with Crippen LogP contribution >= 0.6 is 11.6 Å². The standard InChI is InChI=1S/C11H14ClN.C4H4O4/c12-10-5-4-6-11(9-10)13-7-2-1-3-8-13;5-3(6)1-2-4(7)8/h4-6,9H,1-3,7-8H2;1-2H,(H,5,6)(H,7,8)/b;2-1+. The summed E-state index contributed by atoms with van der Waals surface area (Å²) in [7, 11) is 0. The molecule has 1 aliphatic heterocycles. The number of benzene rings is 1. The molecule has 5 nitrogen and oxygen atoms in total. The van der Waals surface area contributed by atoms with Gasteiger partial charge < -0.3 is 15.1 Å². The van der Waals surface area contributed by atoms with Crippen LogP contribution in [0.2, 0.25) is 5.02 Å².